The molecule has 1 saturated heterocycles. The molecule has 0 saturated carbocycles. The summed E-state index contributed by atoms with van der Waals surface area (Å²) in [7, 11) is 0.559. The smallest absolute Gasteiger partial charge is 0.236 e. The second-order valence-corrected chi connectivity index (χ2v) is 9.07. The van der Waals surface area contributed by atoms with E-state index < -0.39 is 9.84 Å². The molecular formula is C18H24N2O4S. The standard InChI is InChI=1S/C18H24N2O4S/c1-13(17-10-14-6-4-5-7-16(14)24-17)19(2)11-18(21)20(3)15-8-9-25(22,23)12-15/h4-7,10,13,15H,8-9,11-12H2,1-3H3. The first-order valence-electron chi connectivity index (χ1n) is 8.41. The molecule has 3 rings (SSSR count). The number of fused-ring (bicyclic) bond motifs is 1. The van der Waals surface area contributed by atoms with Crippen molar-refractivity contribution >= 4 is 26.7 Å². The van der Waals surface area contributed by atoms with E-state index >= 15 is 0 Å². The van der Waals surface area contributed by atoms with E-state index in [1.165, 1.54) is 0 Å². The maximum atomic E-state index is 12.5. The Balaban J connectivity index is 1.64. The molecule has 0 N–H and O–H groups in total. The Morgan fingerprint density at radius 2 is 2.04 bits per heavy atom. The van der Waals surface area contributed by atoms with Crippen LogP contribution >= 0.6 is 0 Å². The zero-order valence-corrected chi connectivity index (χ0v) is 15.6. The first-order valence-corrected chi connectivity index (χ1v) is 10.2. The van der Waals surface area contributed by atoms with Gasteiger partial charge in [0.1, 0.15) is 11.3 Å². The summed E-state index contributed by atoms with van der Waals surface area (Å²) in [5, 5.41) is 1.04. The van der Waals surface area contributed by atoms with E-state index in [4.69, 9.17) is 4.42 Å². The predicted molar refractivity (Wildman–Crippen MR) is 97.1 cm³/mol. The van der Waals surface area contributed by atoms with Crippen molar-refractivity contribution in [2.75, 3.05) is 32.1 Å². The second kappa shape index (κ2) is 6.80. The van der Waals surface area contributed by atoms with Gasteiger partial charge in [-0.15, -0.1) is 0 Å². The molecule has 1 aromatic heterocycles. The molecule has 1 amide bonds. The number of carbonyl (C=O) groups is 1. The van der Waals surface area contributed by atoms with Crippen molar-refractivity contribution in [2.24, 2.45) is 0 Å². The lowest BCUT2D eigenvalue weighted by Gasteiger charge is -2.28. The summed E-state index contributed by atoms with van der Waals surface area (Å²) in [6, 6.07) is 9.53. The van der Waals surface area contributed by atoms with Crippen LogP contribution in [-0.2, 0) is 14.6 Å². The summed E-state index contributed by atoms with van der Waals surface area (Å²) in [6.45, 7) is 2.20. The van der Waals surface area contributed by atoms with E-state index in [1.807, 2.05) is 49.2 Å². The molecule has 0 spiro atoms. The minimum atomic E-state index is -3.00. The van der Waals surface area contributed by atoms with Crippen molar-refractivity contribution in [1.29, 1.82) is 0 Å². The number of likely N-dealkylation sites (N-methyl/N-ethyl adjacent to an activating group) is 2. The van der Waals surface area contributed by atoms with Gasteiger partial charge in [0.15, 0.2) is 9.84 Å². The van der Waals surface area contributed by atoms with Gasteiger partial charge in [-0.1, -0.05) is 18.2 Å². The molecule has 6 nitrogen and oxygen atoms in total. The minimum absolute atomic E-state index is 0.0583. The van der Waals surface area contributed by atoms with E-state index in [0.717, 1.165) is 16.7 Å². The van der Waals surface area contributed by atoms with E-state index in [2.05, 4.69) is 0 Å². The molecule has 7 heteroatoms. The number of para-hydroxylation sites is 1. The fraction of sp³-hybridized carbons (Fsp3) is 0.500. The Morgan fingerprint density at radius 1 is 1.32 bits per heavy atom. The van der Waals surface area contributed by atoms with E-state index in [9.17, 15) is 13.2 Å². The largest absolute Gasteiger partial charge is 0.459 e. The van der Waals surface area contributed by atoms with Crippen molar-refractivity contribution in [2.45, 2.75) is 25.4 Å². The van der Waals surface area contributed by atoms with Crippen LogP contribution < -0.4 is 0 Å². The molecule has 2 unspecified atom stereocenters. The van der Waals surface area contributed by atoms with Crippen LogP contribution in [0.3, 0.4) is 0 Å². The summed E-state index contributed by atoms with van der Waals surface area (Å²) < 4.78 is 29.1. The molecule has 1 aromatic carbocycles. The highest BCUT2D eigenvalue weighted by atomic mass is 32.2. The van der Waals surface area contributed by atoms with Crippen molar-refractivity contribution in [3.05, 3.63) is 36.1 Å². The first kappa shape index (κ1) is 17.9. The molecule has 2 aromatic rings. The normalized spacial score (nSPS) is 20.9. The van der Waals surface area contributed by atoms with Crippen LogP contribution in [0.4, 0.5) is 0 Å². The van der Waals surface area contributed by atoms with E-state index in [0.29, 0.717) is 6.42 Å². The van der Waals surface area contributed by atoms with Crippen LogP contribution in [0, 0.1) is 0 Å². The van der Waals surface area contributed by atoms with Gasteiger partial charge >= 0.3 is 0 Å². The SMILES string of the molecule is CC(c1cc2ccccc2o1)N(C)CC(=O)N(C)C1CCS(=O)(=O)C1. The summed E-state index contributed by atoms with van der Waals surface area (Å²) >= 11 is 0. The average molecular weight is 364 g/mol. The van der Waals surface area contributed by atoms with Gasteiger partial charge in [0.2, 0.25) is 5.91 Å². The van der Waals surface area contributed by atoms with Gasteiger partial charge in [0.25, 0.3) is 0 Å². The lowest BCUT2D eigenvalue weighted by Crippen LogP contribution is -2.43. The second-order valence-electron chi connectivity index (χ2n) is 6.84. The third-order valence-corrected chi connectivity index (χ3v) is 6.80. The minimum Gasteiger partial charge on any atom is -0.459 e. The van der Waals surface area contributed by atoms with Gasteiger partial charge in [-0.3, -0.25) is 9.69 Å². The fourth-order valence-corrected chi connectivity index (χ4v) is 4.95. The topological polar surface area (TPSA) is 70.8 Å². The monoisotopic (exact) mass is 364 g/mol. The van der Waals surface area contributed by atoms with Crippen molar-refractivity contribution in [3.8, 4) is 0 Å². The Kier molecular flexibility index (Phi) is 4.88. The Hall–Kier alpha value is -1.86. The lowest BCUT2D eigenvalue weighted by atomic mass is 10.2. The number of benzene rings is 1. The summed E-state index contributed by atoms with van der Waals surface area (Å²) in [5.41, 5.74) is 0.831. The third-order valence-electron chi connectivity index (χ3n) is 5.05. The van der Waals surface area contributed by atoms with Gasteiger partial charge < -0.3 is 9.32 Å². The molecule has 1 fully saturated rings. The number of nitrogens with zero attached hydrogens (tertiary/aromatic N) is 2. The lowest BCUT2D eigenvalue weighted by molar-refractivity contribution is -0.133. The van der Waals surface area contributed by atoms with Crippen LogP contribution in [0.1, 0.15) is 25.1 Å². The molecular weight excluding hydrogens is 340 g/mol. The van der Waals surface area contributed by atoms with E-state index in [-0.39, 0.29) is 36.0 Å². The summed E-state index contributed by atoms with van der Waals surface area (Å²) in [4.78, 5) is 16.0. The molecule has 1 aliphatic rings. The Bertz CT molecular complexity index is 841. The van der Waals surface area contributed by atoms with Crippen molar-refractivity contribution in [3.63, 3.8) is 0 Å². The molecule has 136 valence electrons. The fourth-order valence-electron chi connectivity index (χ4n) is 3.17. The highest BCUT2D eigenvalue weighted by Crippen LogP contribution is 2.26. The first-order chi connectivity index (χ1) is 11.8. The Morgan fingerprint density at radius 3 is 2.68 bits per heavy atom. The summed E-state index contributed by atoms with van der Waals surface area (Å²) in [6.07, 6.45) is 0.521. The number of rotatable bonds is 5. The highest BCUT2D eigenvalue weighted by molar-refractivity contribution is 7.91. The number of furan rings is 1. The number of sulfone groups is 1. The number of hydrogen-bond acceptors (Lipinski definition) is 5. The van der Waals surface area contributed by atoms with Crippen molar-refractivity contribution < 1.29 is 17.6 Å². The van der Waals surface area contributed by atoms with Crippen molar-refractivity contribution in [1.82, 2.24) is 9.80 Å². The van der Waals surface area contributed by atoms with Crippen LogP contribution in [0.5, 0.6) is 0 Å². The summed E-state index contributed by atoms with van der Waals surface area (Å²) in [5.74, 6) is 0.966. The van der Waals surface area contributed by atoms with Gasteiger partial charge in [-0.2, -0.15) is 0 Å². The molecule has 2 atom stereocenters. The third kappa shape index (κ3) is 3.88. The average Bonchev–Trinajstić information content (AvgIpc) is 3.16. The predicted octanol–water partition coefficient (Wildman–Crippen LogP) is 2.07. The molecule has 0 radical (unpaired) electrons. The zero-order chi connectivity index (χ0) is 18.2. The van der Waals surface area contributed by atoms with Crippen LogP contribution in [-0.4, -0.2) is 62.3 Å². The number of amides is 1. The van der Waals surface area contributed by atoms with Gasteiger partial charge in [-0.25, -0.2) is 8.42 Å². The van der Waals surface area contributed by atoms with Crippen LogP contribution in [0.25, 0.3) is 11.0 Å². The molecule has 1 aliphatic heterocycles. The van der Waals surface area contributed by atoms with Gasteiger partial charge in [0, 0.05) is 18.5 Å². The molecule has 0 bridgehead atoms. The molecule has 25 heavy (non-hydrogen) atoms. The molecule has 2 heterocycles. The molecule has 0 aliphatic carbocycles. The maximum Gasteiger partial charge on any atom is 0.236 e. The maximum absolute atomic E-state index is 12.5. The number of hydrogen-bond donors (Lipinski definition) is 0. The van der Waals surface area contributed by atoms with Gasteiger partial charge in [0.05, 0.1) is 24.1 Å². The Labute approximate surface area is 148 Å². The van der Waals surface area contributed by atoms with Crippen LogP contribution in [0.2, 0.25) is 0 Å². The number of carbonyl (C=O) groups excluding carboxylic acids is 1. The van der Waals surface area contributed by atoms with E-state index in [1.54, 1.807) is 11.9 Å². The van der Waals surface area contributed by atoms with Crippen LogP contribution in [0.15, 0.2) is 34.7 Å². The van der Waals surface area contributed by atoms with Gasteiger partial charge in [-0.05, 0) is 32.5 Å². The zero-order valence-electron chi connectivity index (χ0n) is 14.8. The highest BCUT2D eigenvalue weighted by Gasteiger charge is 2.33. The quantitative estimate of drug-likeness (QED) is 0.812.